The summed E-state index contributed by atoms with van der Waals surface area (Å²) >= 11 is 0. The SMILES string of the molecule is O=C(O)CCCCCCC1=C(COc2cccc3c2CCC3=O)C(=O)CC1. The number of ketones is 2. The van der Waals surface area contributed by atoms with Gasteiger partial charge in [-0.05, 0) is 38.2 Å². The fourth-order valence-corrected chi connectivity index (χ4v) is 3.93. The largest absolute Gasteiger partial charge is 0.488 e. The van der Waals surface area contributed by atoms with E-state index in [9.17, 15) is 14.4 Å². The number of Topliss-reactive ketones (excluding diaryl/α,β-unsaturated/α-hetero) is 2. The number of aliphatic carboxylic acids is 1. The number of carboxylic acids is 1. The Morgan fingerprint density at radius 2 is 1.74 bits per heavy atom. The van der Waals surface area contributed by atoms with Crippen molar-refractivity contribution >= 4 is 17.5 Å². The molecule has 27 heavy (non-hydrogen) atoms. The van der Waals surface area contributed by atoms with Crippen molar-refractivity contribution in [2.45, 2.75) is 64.2 Å². The zero-order valence-corrected chi connectivity index (χ0v) is 15.6. The molecule has 2 aliphatic rings. The Labute approximate surface area is 159 Å². The van der Waals surface area contributed by atoms with Crippen LogP contribution in [0.25, 0.3) is 0 Å². The maximum Gasteiger partial charge on any atom is 0.303 e. The number of fused-ring (bicyclic) bond motifs is 1. The normalized spacial score (nSPS) is 16.1. The molecule has 1 N–H and O–H groups in total. The average molecular weight is 370 g/mol. The molecule has 5 heteroatoms. The predicted octanol–water partition coefficient (Wildman–Crippen LogP) is 4.28. The van der Waals surface area contributed by atoms with Gasteiger partial charge < -0.3 is 9.84 Å². The van der Waals surface area contributed by atoms with Crippen LogP contribution in [-0.2, 0) is 16.0 Å². The second-order valence-electron chi connectivity index (χ2n) is 7.31. The predicted molar refractivity (Wildman–Crippen MR) is 101 cm³/mol. The quantitative estimate of drug-likeness (QED) is 0.622. The van der Waals surface area contributed by atoms with Crippen molar-refractivity contribution in [1.29, 1.82) is 0 Å². The second-order valence-corrected chi connectivity index (χ2v) is 7.31. The molecule has 144 valence electrons. The monoisotopic (exact) mass is 370 g/mol. The number of hydrogen-bond acceptors (Lipinski definition) is 4. The Morgan fingerprint density at radius 1 is 0.963 bits per heavy atom. The molecule has 0 saturated carbocycles. The molecule has 0 spiro atoms. The zero-order chi connectivity index (χ0) is 19.2. The highest BCUT2D eigenvalue weighted by molar-refractivity contribution is 6.01. The molecule has 0 aromatic heterocycles. The van der Waals surface area contributed by atoms with Gasteiger partial charge in [0.15, 0.2) is 11.6 Å². The van der Waals surface area contributed by atoms with E-state index in [2.05, 4.69) is 0 Å². The van der Waals surface area contributed by atoms with Gasteiger partial charge in [0.05, 0.1) is 0 Å². The van der Waals surface area contributed by atoms with E-state index in [-0.39, 0.29) is 24.6 Å². The van der Waals surface area contributed by atoms with Gasteiger partial charge in [0, 0.05) is 36.0 Å². The van der Waals surface area contributed by atoms with Gasteiger partial charge in [-0.15, -0.1) is 0 Å². The molecule has 0 amide bonds. The molecule has 1 aromatic carbocycles. The summed E-state index contributed by atoms with van der Waals surface area (Å²) in [5, 5.41) is 8.65. The smallest absolute Gasteiger partial charge is 0.303 e. The molecule has 0 fully saturated rings. The number of allylic oxidation sites excluding steroid dienone is 1. The van der Waals surface area contributed by atoms with Crippen LogP contribution in [0.15, 0.2) is 29.3 Å². The summed E-state index contributed by atoms with van der Waals surface area (Å²) in [6, 6.07) is 5.55. The molecule has 1 aromatic rings. The number of ether oxygens (including phenoxy) is 1. The number of carbonyl (C=O) groups excluding carboxylic acids is 2. The van der Waals surface area contributed by atoms with Gasteiger partial charge in [-0.25, -0.2) is 0 Å². The summed E-state index contributed by atoms with van der Waals surface area (Å²) in [6.45, 7) is 0.276. The van der Waals surface area contributed by atoms with Crippen LogP contribution < -0.4 is 4.74 Å². The van der Waals surface area contributed by atoms with Gasteiger partial charge in [0.2, 0.25) is 0 Å². The Hall–Kier alpha value is -2.43. The minimum atomic E-state index is -0.743. The fraction of sp³-hybridized carbons (Fsp3) is 0.500. The minimum Gasteiger partial charge on any atom is -0.488 e. The van der Waals surface area contributed by atoms with Gasteiger partial charge in [-0.1, -0.05) is 30.5 Å². The molecule has 3 rings (SSSR count). The highest BCUT2D eigenvalue weighted by atomic mass is 16.5. The first-order valence-corrected chi connectivity index (χ1v) is 9.80. The summed E-state index contributed by atoms with van der Waals surface area (Å²) in [7, 11) is 0. The Balaban J connectivity index is 1.54. The Bertz CT molecular complexity index is 775. The third-order valence-corrected chi connectivity index (χ3v) is 5.44. The van der Waals surface area contributed by atoms with Gasteiger partial charge in [-0.3, -0.25) is 14.4 Å². The number of carboxylic acid groups (broad SMARTS) is 1. The molecule has 0 radical (unpaired) electrons. The summed E-state index contributed by atoms with van der Waals surface area (Å²) in [5.41, 5.74) is 3.69. The molecule has 0 atom stereocenters. The first kappa shape index (κ1) is 19.3. The summed E-state index contributed by atoms with van der Waals surface area (Å²) in [4.78, 5) is 34.6. The van der Waals surface area contributed by atoms with Crippen molar-refractivity contribution in [2.24, 2.45) is 0 Å². The number of unbranched alkanes of at least 4 members (excludes halogenated alkanes) is 3. The maximum absolute atomic E-state index is 12.2. The van der Waals surface area contributed by atoms with E-state index < -0.39 is 5.97 Å². The van der Waals surface area contributed by atoms with Crippen molar-refractivity contribution < 1.29 is 24.2 Å². The summed E-state index contributed by atoms with van der Waals surface area (Å²) < 4.78 is 5.96. The molecule has 0 unspecified atom stereocenters. The third-order valence-electron chi connectivity index (χ3n) is 5.44. The summed E-state index contributed by atoms with van der Waals surface area (Å²) in [6.07, 6.45) is 7.27. The lowest BCUT2D eigenvalue weighted by Gasteiger charge is -2.12. The van der Waals surface area contributed by atoms with E-state index in [0.717, 1.165) is 54.6 Å². The van der Waals surface area contributed by atoms with E-state index in [1.807, 2.05) is 18.2 Å². The van der Waals surface area contributed by atoms with E-state index in [1.54, 1.807) is 0 Å². The molecule has 5 nitrogen and oxygen atoms in total. The first-order valence-electron chi connectivity index (χ1n) is 9.80. The van der Waals surface area contributed by atoms with Crippen molar-refractivity contribution in [1.82, 2.24) is 0 Å². The highest BCUT2D eigenvalue weighted by Crippen LogP contribution is 2.32. The van der Waals surface area contributed by atoms with Crippen LogP contribution in [0.5, 0.6) is 5.75 Å². The van der Waals surface area contributed by atoms with Crippen LogP contribution >= 0.6 is 0 Å². The topological polar surface area (TPSA) is 80.7 Å². The summed E-state index contributed by atoms with van der Waals surface area (Å²) in [5.74, 6) is 0.306. The van der Waals surface area contributed by atoms with E-state index in [1.165, 1.54) is 5.57 Å². The van der Waals surface area contributed by atoms with Gasteiger partial charge in [0.25, 0.3) is 0 Å². The minimum absolute atomic E-state index is 0.162. The second kappa shape index (κ2) is 8.98. The van der Waals surface area contributed by atoms with Crippen molar-refractivity contribution in [3.63, 3.8) is 0 Å². The molecule has 0 bridgehead atoms. The van der Waals surface area contributed by atoms with Crippen LogP contribution in [0, 0.1) is 0 Å². The molecular weight excluding hydrogens is 344 g/mol. The lowest BCUT2D eigenvalue weighted by atomic mass is 10.0. The van der Waals surface area contributed by atoms with E-state index >= 15 is 0 Å². The van der Waals surface area contributed by atoms with E-state index in [0.29, 0.717) is 25.7 Å². The molecule has 0 aliphatic heterocycles. The first-order chi connectivity index (χ1) is 13.1. The average Bonchev–Trinajstić information content (AvgIpc) is 3.19. The lowest BCUT2D eigenvalue weighted by Crippen LogP contribution is -2.09. The van der Waals surface area contributed by atoms with Crippen LogP contribution in [0.4, 0.5) is 0 Å². The number of carbonyl (C=O) groups is 3. The number of rotatable bonds is 10. The van der Waals surface area contributed by atoms with Gasteiger partial charge >= 0.3 is 5.97 Å². The van der Waals surface area contributed by atoms with E-state index in [4.69, 9.17) is 9.84 Å². The van der Waals surface area contributed by atoms with Crippen molar-refractivity contribution in [2.75, 3.05) is 6.61 Å². The fourth-order valence-electron chi connectivity index (χ4n) is 3.93. The van der Waals surface area contributed by atoms with Gasteiger partial charge in [-0.2, -0.15) is 0 Å². The van der Waals surface area contributed by atoms with Crippen LogP contribution in [-0.4, -0.2) is 29.2 Å². The zero-order valence-electron chi connectivity index (χ0n) is 15.6. The Morgan fingerprint density at radius 3 is 2.56 bits per heavy atom. The lowest BCUT2D eigenvalue weighted by molar-refractivity contribution is -0.137. The standard InChI is InChI=1S/C22H26O5/c23-19-13-11-17-16(19)7-5-8-21(17)27-14-18-15(10-12-20(18)24)6-3-1-2-4-9-22(25)26/h5,7-8H,1-4,6,9-14H2,(H,25,26). The molecule has 0 saturated heterocycles. The molecule has 2 aliphatic carbocycles. The van der Waals surface area contributed by atoms with Crippen molar-refractivity contribution in [3.8, 4) is 5.75 Å². The van der Waals surface area contributed by atoms with Crippen molar-refractivity contribution in [3.05, 3.63) is 40.5 Å². The highest BCUT2D eigenvalue weighted by Gasteiger charge is 2.25. The van der Waals surface area contributed by atoms with Crippen LogP contribution in [0.1, 0.15) is 73.7 Å². The maximum atomic E-state index is 12.2. The van der Waals surface area contributed by atoms with Gasteiger partial charge in [0.1, 0.15) is 12.4 Å². The third kappa shape index (κ3) is 4.85. The molecule has 0 heterocycles. The molecular formula is C22H26O5. The number of benzene rings is 1. The Kier molecular flexibility index (Phi) is 6.43. The number of hydrogen-bond donors (Lipinski definition) is 1. The van der Waals surface area contributed by atoms with Crippen LogP contribution in [0.3, 0.4) is 0 Å². The van der Waals surface area contributed by atoms with Crippen LogP contribution in [0.2, 0.25) is 0 Å².